The average Bonchev–Trinajstić information content (AvgIpc) is 2.27. The van der Waals surface area contributed by atoms with E-state index in [2.05, 4.69) is 5.32 Å². The van der Waals surface area contributed by atoms with Gasteiger partial charge in [-0.05, 0) is 31.6 Å². The zero-order valence-corrected chi connectivity index (χ0v) is 9.03. The molecule has 0 radical (unpaired) electrons. The van der Waals surface area contributed by atoms with Gasteiger partial charge in [-0.1, -0.05) is 0 Å². The van der Waals surface area contributed by atoms with Crippen LogP contribution in [0.3, 0.4) is 0 Å². The number of amides is 1. The quantitative estimate of drug-likeness (QED) is 0.532. The molecule has 15 heavy (non-hydrogen) atoms. The van der Waals surface area contributed by atoms with Gasteiger partial charge in [-0.3, -0.25) is 9.59 Å². The minimum Gasteiger partial charge on any atom is -0.353 e. The highest BCUT2D eigenvalue weighted by Gasteiger charge is 2.31. The molecule has 1 amide bonds. The molecule has 5 N–H and O–H groups in total. The van der Waals surface area contributed by atoms with Gasteiger partial charge >= 0.3 is 0 Å². The Morgan fingerprint density at radius 1 is 1.27 bits per heavy atom. The summed E-state index contributed by atoms with van der Waals surface area (Å²) in [6.45, 7) is 0. The van der Waals surface area contributed by atoms with Gasteiger partial charge in [0.25, 0.3) is 5.91 Å². The number of ketones is 1. The zero-order valence-electron chi connectivity index (χ0n) is 9.03. The van der Waals surface area contributed by atoms with E-state index in [1.165, 1.54) is 7.05 Å². The second-order valence-corrected chi connectivity index (χ2v) is 4.14. The van der Waals surface area contributed by atoms with Crippen LogP contribution in [0.4, 0.5) is 0 Å². The molecule has 86 valence electrons. The van der Waals surface area contributed by atoms with Gasteiger partial charge in [-0.15, -0.1) is 0 Å². The molecule has 1 aliphatic rings. The highest BCUT2D eigenvalue weighted by Crippen LogP contribution is 2.25. The van der Waals surface area contributed by atoms with Gasteiger partial charge in [-0.2, -0.15) is 0 Å². The number of carbonyl (C=O) groups is 2. The molecule has 0 saturated heterocycles. The normalized spacial score (nSPS) is 28.2. The molecule has 0 aromatic heterocycles. The van der Waals surface area contributed by atoms with E-state index in [-0.39, 0.29) is 12.0 Å². The smallest absolute Gasteiger partial charge is 0.288 e. The van der Waals surface area contributed by atoms with Gasteiger partial charge in [-0.25, -0.2) is 0 Å². The van der Waals surface area contributed by atoms with Gasteiger partial charge in [0.15, 0.2) is 0 Å². The Bertz CT molecular complexity index is 247. The summed E-state index contributed by atoms with van der Waals surface area (Å²) >= 11 is 0. The van der Waals surface area contributed by atoms with Crippen molar-refractivity contribution in [3.05, 3.63) is 0 Å². The number of carbonyl (C=O) groups excluding carboxylic acids is 2. The lowest BCUT2D eigenvalue weighted by molar-refractivity contribution is -0.139. The molecular formula is C10H19N3O2. The van der Waals surface area contributed by atoms with Crippen LogP contribution in [0.25, 0.3) is 0 Å². The highest BCUT2D eigenvalue weighted by atomic mass is 16.2. The Morgan fingerprint density at radius 2 is 1.80 bits per heavy atom. The first kappa shape index (κ1) is 12.1. The number of Topliss-reactive ketones (excluding diaryl/α,β-unsaturated/α-hetero) is 1. The molecule has 0 heterocycles. The van der Waals surface area contributed by atoms with Crippen LogP contribution >= 0.6 is 0 Å². The fourth-order valence-electron chi connectivity index (χ4n) is 1.99. The maximum absolute atomic E-state index is 11.5. The molecule has 5 nitrogen and oxygen atoms in total. The van der Waals surface area contributed by atoms with Crippen LogP contribution in [-0.4, -0.2) is 30.8 Å². The molecule has 1 rings (SSSR count). The van der Waals surface area contributed by atoms with E-state index in [1.54, 1.807) is 0 Å². The molecule has 1 aliphatic carbocycles. The average molecular weight is 213 g/mol. The zero-order chi connectivity index (χ0) is 11.4. The van der Waals surface area contributed by atoms with Crippen molar-refractivity contribution in [1.82, 2.24) is 5.32 Å². The number of likely N-dealkylation sites (N-methyl/N-ethyl adjacent to an activating group) is 1. The Kier molecular flexibility index (Phi) is 4.23. The predicted molar refractivity (Wildman–Crippen MR) is 57.0 cm³/mol. The predicted octanol–water partition coefficient (Wildman–Crippen LogP) is -0.854. The Labute approximate surface area is 89.6 Å². The second kappa shape index (κ2) is 5.23. The first-order chi connectivity index (χ1) is 7.06. The van der Waals surface area contributed by atoms with E-state index in [0.717, 1.165) is 25.7 Å². The van der Waals surface area contributed by atoms with E-state index >= 15 is 0 Å². The first-order valence-corrected chi connectivity index (χ1v) is 5.33. The molecule has 0 aliphatic heterocycles. The van der Waals surface area contributed by atoms with Crippen LogP contribution in [-0.2, 0) is 9.59 Å². The van der Waals surface area contributed by atoms with E-state index in [0.29, 0.717) is 0 Å². The summed E-state index contributed by atoms with van der Waals surface area (Å²) in [7, 11) is 1.43. The summed E-state index contributed by atoms with van der Waals surface area (Å²) in [4.78, 5) is 22.6. The number of hydrogen-bond donors (Lipinski definition) is 3. The van der Waals surface area contributed by atoms with Crippen LogP contribution in [0.5, 0.6) is 0 Å². The summed E-state index contributed by atoms with van der Waals surface area (Å²) in [5, 5.41) is 2.30. The van der Waals surface area contributed by atoms with Crippen molar-refractivity contribution >= 4 is 11.7 Å². The molecule has 1 saturated carbocycles. The molecule has 1 fully saturated rings. The molecular weight excluding hydrogens is 194 g/mol. The van der Waals surface area contributed by atoms with Crippen molar-refractivity contribution in [2.45, 2.75) is 37.8 Å². The van der Waals surface area contributed by atoms with Crippen molar-refractivity contribution in [3.8, 4) is 0 Å². The van der Waals surface area contributed by atoms with Gasteiger partial charge in [0.05, 0.1) is 6.04 Å². The van der Waals surface area contributed by atoms with Crippen molar-refractivity contribution in [1.29, 1.82) is 0 Å². The minimum atomic E-state index is -0.669. The van der Waals surface area contributed by atoms with E-state index < -0.39 is 17.7 Å². The van der Waals surface area contributed by atoms with Crippen LogP contribution < -0.4 is 16.8 Å². The lowest BCUT2D eigenvalue weighted by atomic mass is 9.80. The van der Waals surface area contributed by atoms with E-state index in [4.69, 9.17) is 11.5 Å². The van der Waals surface area contributed by atoms with E-state index in [1.807, 2.05) is 0 Å². The number of nitrogens with one attached hydrogen (secondary N) is 1. The van der Waals surface area contributed by atoms with Gasteiger partial charge < -0.3 is 16.8 Å². The monoisotopic (exact) mass is 213 g/mol. The third-order valence-corrected chi connectivity index (χ3v) is 3.08. The SMILES string of the molecule is CNC(=O)C(=O)C(N)C1CCC(N)CC1. The van der Waals surface area contributed by atoms with Gasteiger partial charge in [0, 0.05) is 13.1 Å². The minimum absolute atomic E-state index is 0.106. The molecule has 0 aromatic rings. The highest BCUT2D eigenvalue weighted by molar-refractivity contribution is 6.38. The van der Waals surface area contributed by atoms with Crippen molar-refractivity contribution in [2.24, 2.45) is 17.4 Å². The fraction of sp³-hybridized carbons (Fsp3) is 0.800. The lowest BCUT2D eigenvalue weighted by Gasteiger charge is -2.29. The number of rotatable bonds is 3. The maximum atomic E-state index is 11.5. The van der Waals surface area contributed by atoms with E-state index in [9.17, 15) is 9.59 Å². The Morgan fingerprint density at radius 3 is 2.27 bits per heavy atom. The number of nitrogens with two attached hydrogens (primary N) is 2. The largest absolute Gasteiger partial charge is 0.353 e. The van der Waals surface area contributed by atoms with Crippen LogP contribution in [0.1, 0.15) is 25.7 Å². The van der Waals surface area contributed by atoms with Gasteiger partial charge in [0.2, 0.25) is 5.78 Å². The summed E-state index contributed by atoms with van der Waals surface area (Å²) < 4.78 is 0. The molecule has 1 unspecified atom stereocenters. The lowest BCUT2D eigenvalue weighted by Crippen LogP contribution is -2.47. The summed E-state index contributed by atoms with van der Waals surface area (Å²) in [6.07, 6.45) is 3.45. The van der Waals surface area contributed by atoms with Gasteiger partial charge in [0.1, 0.15) is 0 Å². The van der Waals surface area contributed by atoms with Crippen molar-refractivity contribution in [3.63, 3.8) is 0 Å². The van der Waals surface area contributed by atoms with Crippen LogP contribution in [0.15, 0.2) is 0 Å². The first-order valence-electron chi connectivity index (χ1n) is 5.33. The molecule has 1 atom stereocenters. The standard InChI is InChI=1S/C10H19N3O2/c1-13-10(15)9(14)8(12)6-2-4-7(11)5-3-6/h6-8H,2-5,11-12H2,1H3,(H,13,15). The van der Waals surface area contributed by atoms with Crippen molar-refractivity contribution in [2.75, 3.05) is 7.05 Å². The Balaban J connectivity index is 2.49. The summed E-state index contributed by atoms with van der Waals surface area (Å²) in [5.41, 5.74) is 11.5. The second-order valence-electron chi connectivity index (χ2n) is 4.14. The maximum Gasteiger partial charge on any atom is 0.288 e. The number of hydrogen-bond acceptors (Lipinski definition) is 4. The van der Waals surface area contributed by atoms with Crippen molar-refractivity contribution < 1.29 is 9.59 Å². The fourth-order valence-corrected chi connectivity index (χ4v) is 1.99. The topological polar surface area (TPSA) is 98.2 Å². The molecule has 0 bridgehead atoms. The molecule has 0 aromatic carbocycles. The molecule has 5 heteroatoms. The van der Waals surface area contributed by atoms with Crippen LogP contribution in [0.2, 0.25) is 0 Å². The molecule has 0 spiro atoms. The van der Waals surface area contributed by atoms with Crippen LogP contribution in [0, 0.1) is 5.92 Å². The third kappa shape index (κ3) is 3.00. The Hall–Kier alpha value is -0.940. The summed E-state index contributed by atoms with van der Waals surface area (Å²) in [6, 6.07) is -0.444. The third-order valence-electron chi connectivity index (χ3n) is 3.08. The summed E-state index contributed by atoms with van der Waals surface area (Å²) in [5.74, 6) is -1.01.